The van der Waals surface area contributed by atoms with E-state index in [2.05, 4.69) is 12.7 Å². The molecule has 6 atom stereocenters. The Morgan fingerprint density at radius 1 is 0.914 bits per heavy atom. The minimum atomic E-state index is -1.55. The van der Waals surface area contributed by atoms with Crippen molar-refractivity contribution in [3.8, 4) is 17.2 Å². The minimum absolute atomic E-state index is 0.00177. The minimum Gasteiger partial charge on any atom is -0.459 e. The molecule has 0 bridgehead atoms. The Kier molecular flexibility index (Phi) is 17.0. The van der Waals surface area contributed by atoms with Gasteiger partial charge in [0.05, 0.1) is 49.0 Å². The van der Waals surface area contributed by atoms with Crippen LogP contribution >= 0.6 is 0 Å². The number of carbonyl (C=O) groups is 1. The molecule has 14 heteroatoms. The van der Waals surface area contributed by atoms with Gasteiger partial charge >= 0.3 is 6.09 Å². The van der Waals surface area contributed by atoms with Crippen molar-refractivity contribution in [1.82, 2.24) is 4.90 Å². The zero-order valence-corrected chi connectivity index (χ0v) is 39.7. The van der Waals surface area contributed by atoms with Gasteiger partial charge in [-0.3, -0.25) is 15.0 Å². The molecule has 1 saturated carbocycles. The number of nitro benzene ring substituents is 1. The van der Waals surface area contributed by atoms with E-state index in [-0.39, 0.29) is 69.4 Å². The van der Waals surface area contributed by atoms with Crippen LogP contribution in [0.1, 0.15) is 74.5 Å². The molecule has 0 saturated heterocycles. The number of nitrogens with zero attached hydrogens (tertiary/aromatic N) is 3. The number of allylic oxidation sites excluding steroid dienone is 1. The lowest BCUT2D eigenvalue weighted by atomic mass is 9.55. The number of oxime groups is 1. The normalized spacial score (nSPS) is 21.7. The number of carbonyl (C=O) groups excluding carboxylic acids is 1. The van der Waals surface area contributed by atoms with Gasteiger partial charge in [0.2, 0.25) is 5.79 Å². The molecular weight excluding hydrogens is 891 g/mol. The van der Waals surface area contributed by atoms with Gasteiger partial charge in [0, 0.05) is 37.2 Å². The molecule has 0 spiro atoms. The summed E-state index contributed by atoms with van der Waals surface area (Å²) in [5.74, 6) is -1.23. The highest BCUT2D eigenvalue weighted by Crippen LogP contribution is 2.62. The molecule has 1 amide bonds. The van der Waals surface area contributed by atoms with Crippen molar-refractivity contribution < 1.29 is 48.5 Å². The van der Waals surface area contributed by atoms with E-state index >= 15 is 4.79 Å². The third-order valence-corrected chi connectivity index (χ3v) is 13.6. The van der Waals surface area contributed by atoms with Crippen LogP contribution in [0.5, 0.6) is 17.2 Å². The molecule has 5 aromatic carbocycles. The van der Waals surface area contributed by atoms with Crippen LogP contribution in [0.3, 0.4) is 0 Å². The molecule has 1 aliphatic heterocycles. The largest absolute Gasteiger partial charge is 0.459 e. The molecule has 2 N–H and O–H groups in total. The molecule has 70 heavy (non-hydrogen) atoms. The van der Waals surface area contributed by atoms with E-state index in [4.69, 9.17) is 33.7 Å². The Morgan fingerprint density at radius 3 is 2.46 bits per heavy atom. The molecule has 1 fully saturated rings. The van der Waals surface area contributed by atoms with E-state index in [1.165, 1.54) is 12.1 Å². The van der Waals surface area contributed by atoms with E-state index in [9.17, 15) is 20.3 Å². The van der Waals surface area contributed by atoms with Gasteiger partial charge in [0.25, 0.3) is 5.69 Å². The zero-order valence-electron chi connectivity index (χ0n) is 39.7. The molecule has 1 heterocycles. The van der Waals surface area contributed by atoms with Crippen LogP contribution in [0.25, 0.3) is 10.8 Å². The van der Waals surface area contributed by atoms with Crippen molar-refractivity contribution in [2.24, 2.45) is 22.9 Å². The van der Waals surface area contributed by atoms with Crippen molar-refractivity contribution in [2.75, 3.05) is 39.6 Å². The van der Waals surface area contributed by atoms with Gasteiger partial charge in [-0.1, -0.05) is 109 Å². The molecule has 14 nitrogen and oxygen atoms in total. The van der Waals surface area contributed by atoms with E-state index in [0.717, 1.165) is 58.7 Å². The lowest BCUT2D eigenvalue weighted by Crippen LogP contribution is -2.70. The maximum atomic E-state index is 15.2. The zero-order chi connectivity index (χ0) is 48.9. The van der Waals surface area contributed by atoms with Gasteiger partial charge in [0.1, 0.15) is 36.5 Å². The van der Waals surface area contributed by atoms with Gasteiger partial charge in [-0.25, -0.2) is 4.79 Å². The summed E-state index contributed by atoms with van der Waals surface area (Å²) >= 11 is 0. The summed E-state index contributed by atoms with van der Waals surface area (Å²) in [6.45, 7) is 7.08. The summed E-state index contributed by atoms with van der Waals surface area (Å²) < 4.78 is 33.2. The number of ether oxygens (including phenoxy) is 5. The Morgan fingerprint density at radius 2 is 1.67 bits per heavy atom. The number of aliphatic hydroxyl groups excluding tert-OH is 2. The van der Waals surface area contributed by atoms with E-state index < -0.39 is 28.8 Å². The number of amides is 1. The summed E-state index contributed by atoms with van der Waals surface area (Å²) in [5.41, 5.74) is 4.18. The Hall–Kier alpha value is -6.58. The fraction of sp³-hybridized carbons (Fsp3) is 0.393. The van der Waals surface area contributed by atoms with Gasteiger partial charge in [-0.05, 0) is 96.2 Å². The van der Waals surface area contributed by atoms with Crippen molar-refractivity contribution in [1.29, 1.82) is 0 Å². The molecule has 5 aromatic rings. The topological polar surface area (TPSA) is 172 Å². The van der Waals surface area contributed by atoms with Crippen molar-refractivity contribution in [3.63, 3.8) is 0 Å². The number of non-ortho nitro benzene ring substituents is 1. The van der Waals surface area contributed by atoms with Crippen molar-refractivity contribution >= 4 is 28.3 Å². The van der Waals surface area contributed by atoms with Crippen LogP contribution < -0.4 is 9.47 Å². The van der Waals surface area contributed by atoms with Crippen LogP contribution in [0.15, 0.2) is 145 Å². The van der Waals surface area contributed by atoms with E-state index in [1.807, 2.05) is 91.9 Å². The average molecular weight is 954 g/mol. The second kappa shape index (κ2) is 23.8. The number of fused-ring (bicyclic) bond motifs is 3. The first-order chi connectivity index (χ1) is 34.3. The number of nitro groups is 1. The standard InChI is InChI=1S/C56H63N3O11/c1-3-30-67-56-52(58(37-42-21-14-20-40-18-8-9-24-46(40)42)55(62)66-32-31-65-38-39-16-6-5-7-17-39)36-50(57-68-4-2)48-33-41(19-10-12-28-60)47(25-11-13-29-61)53(54(48)56)49-35-45(26-27-51(49)70-56)69-44-23-15-22-43(34-44)59(63)64/h3,5-9,14-18,20-24,26-27,33-35,41,47,52-54,60-61H,1,4,10-13,19,25,28-32,36-38H2,2H3/t41-,47+,52-,53+,54+,56+/m0/s1. The number of rotatable bonds is 24. The highest BCUT2D eigenvalue weighted by atomic mass is 16.7. The highest BCUT2D eigenvalue weighted by Gasteiger charge is 2.65. The summed E-state index contributed by atoms with van der Waals surface area (Å²) in [7, 11) is 0. The molecule has 0 radical (unpaired) electrons. The number of hydrogen-bond acceptors (Lipinski definition) is 12. The predicted molar refractivity (Wildman–Crippen MR) is 267 cm³/mol. The smallest absolute Gasteiger partial charge is 0.410 e. The molecule has 3 aliphatic rings. The number of benzene rings is 5. The Bertz CT molecular complexity index is 2630. The summed E-state index contributed by atoms with van der Waals surface area (Å²) in [4.78, 5) is 34.1. The molecule has 0 aromatic heterocycles. The number of aliphatic hydroxyl groups is 2. The fourth-order valence-electron chi connectivity index (χ4n) is 10.6. The molecule has 2 aliphatic carbocycles. The molecule has 368 valence electrons. The molecule has 8 rings (SSSR count). The van der Waals surface area contributed by atoms with Crippen LogP contribution in [0.4, 0.5) is 10.5 Å². The SMILES string of the molecule is C=CCO[C@@]12Oc3ccc(Oc4cccc([N+](=O)[O-])c4)cc3[C@H]3[C@H](CCCCO)[C@@H](CCCCO)C=C(C(=NOCC)C[C@@H]1N(Cc1cccc4ccccc14)C(=O)OCCOCc1ccccc1)[C@H]32. The van der Waals surface area contributed by atoms with Crippen LogP contribution in [-0.4, -0.2) is 83.3 Å². The Balaban J connectivity index is 1.29. The lowest BCUT2D eigenvalue weighted by Gasteiger charge is -2.59. The van der Waals surface area contributed by atoms with Crippen molar-refractivity contribution in [3.05, 3.63) is 166 Å². The lowest BCUT2D eigenvalue weighted by molar-refractivity contribution is -0.384. The monoisotopic (exact) mass is 953 g/mol. The third kappa shape index (κ3) is 11.2. The molecule has 0 unspecified atom stereocenters. The van der Waals surface area contributed by atoms with Gasteiger partial charge < -0.3 is 38.7 Å². The summed E-state index contributed by atoms with van der Waals surface area (Å²) in [5, 5.41) is 38.6. The third-order valence-electron chi connectivity index (χ3n) is 13.6. The first-order valence-corrected chi connectivity index (χ1v) is 24.4. The summed E-state index contributed by atoms with van der Waals surface area (Å²) in [6, 6.07) is 34.7. The Labute approximate surface area is 409 Å². The molecular formula is C56H63N3O11. The summed E-state index contributed by atoms with van der Waals surface area (Å²) in [6.07, 6.45) is 7.81. The average Bonchev–Trinajstić information content (AvgIpc) is 3.38. The quantitative estimate of drug-likeness (QED) is 0.0261. The second-order valence-electron chi connectivity index (χ2n) is 18.0. The van der Waals surface area contributed by atoms with Crippen LogP contribution in [-0.2, 0) is 32.2 Å². The van der Waals surface area contributed by atoms with Gasteiger partial charge in [-0.15, -0.1) is 6.58 Å². The fourth-order valence-corrected chi connectivity index (χ4v) is 10.6. The first-order valence-electron chi connectivity index (χ1n) is 24.4. The van der Waals surface area contributed by atoms with Gasteiger partial charge in [0.15, 0.2) is 0 Å². The van der Waals surface area contributed by atoms with E-state index in [1.54, 1.807) is 29.2 Å². The van der Waals surface area contributed by atoms with Crippen LogP contribution in [0.2, 0.25) is 0 Å². The second-order valence-corrected chi connectivity index (χ2v) is 18.0. The maximum absolute atomic E-state index is 15.2. The van der Waals surface area contributed by atoms with Crippen molar-refractivity contribution in [2.45, 2.75) is 82.8 Å². The maximum Gasteiger partial charge on any atom is 0.410 e. The van der Waals surface area contributed by atoms with E-state index in [0.29, 0.717) is 49.0 Å². The highest BCUT2D eigenvalue weighted by molar-refractivity contribution is 6.03. The number of hydrogen-bond donors (Lipinski definition) is 2. The first kappa shape index (κ1) is 49.8. The predicted octanol–water partition coefficient (Wildman–Crippen LogP) is 11.0. The van der Waals surface area contributed by atoms with Gasteiger partial charge in [-0.2, -0.15) is 0 Å². The van der Waals surface area contributed by atoms with Crippen LogP contribution in [0, 0.1) is 27.9 Å². The number of unbranched alkanes of at least 4 members (excludes halogenated alkanes) is 2.